The standard InChI is InChI=1S/C26H37FN4O7/c1-25(2,3)37-23(32)30-9-5-18(6-10-30)35-21-19(27)22(29-15-28-21)36-20-16-11-31(12-17(20)14-34-13-16)24(33)38-26(4)7-8-26/h15-18,20H,5-14H2,1-4H3. The number of aromatic nitrogens is 2. The quantitative estimate of drug-likeness (QED) is 0.559. The van der Waals surface area contributed by atoms with Crippen LogP contribution in [0.2, 0.25) is 0 Å². The van der Waals surface area contributed by atoms with Crippen LogP contribution in [0.5, 0.6) is 11.8 Å². The lowest BCUT2D eigenvalue weighted by molar-refractivity contribution is -0.112. The highest BCUT2D eigenvalue weighted by Gasteiger charge is 2.47. The first-order valence-corrected chi connectivity index (χ1v) is 13.4. The summed E-state index contributed by atoms with van der Waals surface area (Å²) < 4.78 is 44.1. The zero-order valence-electron chi connectivity index (χ0n) is 22.5. The number of amides is 2. The molecule has 210 valence electrons. The fourth-order valence-electron chi connectivity index (χ4n) is 5.07. The maximum Gasteiger partial charge on any atom is 0.410 e. The minimum atomic E-state index is -0.760. The van der Waals surface area contributed by atoms with Crippen molar-refractivity contribution >= 4 is 12.2 Å². The van der Waals surface area contributed by atoms with Gasteiger partial charge in [0.05, 0.1) is 13.2 Å². The highest BCUT2D eigenvalue weighted by atomic mass is 19.1. The van der Waals surface area contributed by atoms with Crippen molar-refractivity contribution in [2.45, 2.75) is 76.8 Å². The Labute approximate surface area is 221 Å². The van der Waals surface area contributed by atoms with Crippen LogP contribution in [0.3, 0.4) is 0 Å². The van der Waals surface area contributed by atoms with Crippen molar-refractivity contribution in [2.75, 3.05) is 39.4 Å². The number of carbonyl (C=O) groups is 2. The van der Waals surface area contributed by atoms with Gasteiger partial charge in [-0.25, -0.2) is 9.59 Å². The zero-order valence-corrected chi connectivity index (χ0v) is 22.5. The third-order valence-corrected chi connectivity index (χ3v) is 7.39. The Bertz CT molecular complexity index is 1020. The minimum absolute atomic E-state index is 0.141. The number of halogens is 1. The van der Waals surface area contributed by atoms with E-state index in [-0.39, 0.29) is 53.6 Å². The molecule has 3 aliphatic heterocycles. The van der Waals surface area contributed by atoms with Crippen LogP contribution in [0.1, 0.15) is 53.4 Å². The van der Waals surface area contributed by atoms with E-state index < -0.39 is 11.4 Å². The molecule has 2 atom stereocenters. The van der Waals surface area contributed by atoms with Crippen LogP contribution in [0.15, 0.2) is 6.33 Å². The molecular weight excluding hydrogens is 499 g/mol. The minimum Gasteiger partial charge on any atom is -0.472 e. The lowest BCUT2D eigenvalue weighted by Crippen LogP contribution is -2.59. The third kappa shape index (κ3) is 6.22. The van der Waals surface area contributed by atoms with Gasteiger partial charge in [-0.15, -0.1) is 0 Å². The number of ether oxygens (including phenoxy) is 5. The predicted molar refractivity (Wildman–Crippen MR) is 131 cm³/mol. The molecule has 12 heteroatoms. The maximum absolute atomic E-state index is 15.4. The third-order valence-electron chi connectivity index (χ3n) is 7.39. The van der Waals surface area contributed by atoms with Gasteiger partial charge < -0.3 is 33.5 Å². The molecule has 1 aliphatic carbocycles. The molecule has 38 heavy (non-hydrogen) atoms. The Morgan fingerprint density at radius 1 is 1.00 bits per heavy atom. The number of nitrogens with zero attached hydrogens (tertiary/aromatic N) is 4. The van der Waals surface area contributed by atoms with Gasteiger partial charge in [0.25, 0.3) is 11.8 Å². The molecule has 2 unspecified atom stereocenters. The molecule has 11 nitrogen and oxygen atoms in total. The van der Waals surface area contributed by atoms with Gasteiger partial charge in [0.1, 0.15) is 29.7 Å². The van der Waals surface area contributed by atoms with E-state index in [9.17, 15) is 9.59 Å². The van der Waals surface area contributed by atoms with Crippen molar-refractivity contribution in [2.24, 2.45) is 11.8 Å². The molecule has 2 bridgehead atoms. The van der Waals surface area contributed by atoms with Gasteiger partial charge in [-0.2, -0.15) is 14.4 Å². The Morgan fingerprint density at radius 2 is 1.61 bits per heavy atom. The van der Waals surface area contributed by atoms with Crippen LogP contribution in [-0.4, -0.2) is 94.8 Å². The summed E-state index contributed by atoms with van der Waals surface area (Å²) in [5.41, 5.74) is -0.909. The monoisotopic (exact) mass is 536 g/mol. The van der Waals surface area contributed by atoms with Crippen molar-refractivity contribution in [3.05, 3.63) is 12.1 Å². The van der Waals surface area contributed by atoms with Crippen LogP contribution in [0, 0.1) is 17.7 Å². The fraction of sp³-hybridized carbons (Fsp3) is 0.769. The van der Waals surface area contributed by atoms with Crippen molar-refractivity contribution < 1.29 is 37.7 Å². The molecule has 3 saturated heterocycles. The second-order valence-corrected chi connectivity index (χ2v) is 11.9. The van der Waals surface area contributed by atoms with Gasteiger partial charge in [0.15, 0.2) is 0 Å². The van der Waals surface area contributed by atoms with Crippen molar-refractivity contribution in [1.82, 2.24) is 19.8 Å². The number of hydrogen-bond acceptors (Lipinski definition) is 9. The first kappa shape index (κ1) is 26.7. The Hall–Kier alpha value is -2.89. The molecule has 2 amide bonds. The van der Waals surface area contributed by atoms with E-state index in [1.807, 2.05) is 27.7 Å². The van der Waals surface area contributed by atoms with Crippen LogP contribution in [-0.2, 0) is 14.2 Å². The molecule has 0 spiro atoms. The number of fused-ring (bicyclic) bond motifs is 2. The van der Waals surface area contributed by atoms with E-state index in [1.165, 1.54) is 6.33 Å². The molecule has 1 saturated carbocycles. The summed E-state index contributed by atoms with van der Waals surface area (Å²) in [6.45, 7) is 9.90. The molecule has 4 fully saturated rings. The summed E-state index contributed by atoms with van der Waals surface area (Å²) in [7, 11) is 0. The van der Waals surface area contributed by atoms with Crippen LogP contribution >= 0.6 is 0 Å². The second kappa shape index (κ2) is 10.3. The fourth-order valence-corrected chi connectivity index (χ4v) is 5.07. The van der Waals surface area contributed by atoms with Crippen LogP contribution in [0.4, 0.5) is 14.0 Å². The molecule has 0 N–H and O–H groups in total. The molecule has 0 radical (unpaired) electrons. The highest BCUT2D eigenvalue weighted by molar-refractivity contribution is 5.69. The Balaban J connectivity index is 1.17. The van der Waals surface area contributed by atoms with Gasteiger partial charge in [0, 0.05) is 50.9 Å². The molecule has 1 aromatic heterocycles. The van der Waals surface area contributed by atoms with E-state index in [1.54, 1.807) is 9.80 Å². The van der Waals surface area contributed by atoms with E-state index in [4.69, 9.17) is 23.7 Å². The van der Waals surface area contributed by atoms with Crippen molar-refractivity contribution in [3.8, 4) is 11.8 Å². The SMILES string of the molecule is CC(C)(C)OC(=O)N1CCC(Oc2ncnc(OC3C4COCC3CN(C(=O)OC3(C)CC3)C4)c2F)CC1. The van der Waals surface area contributed by atoms with Gasteiger partial charge >= 0.3 is 12.2 Å². The first-order valence-electron chi connectivity index (χ1n) is 13.4. The summed E-state index contributed by atoms with van der Waals surface area (Å²) in [5.74, 6) is -1.39. The maximum atomic E-state index is 15.4. The summed E-state index contributed by atoms with van der Waals surface area (Å²) in [6, 6.07) is 0. The van der Waals surface area contributed by atoms with Gasteiger partial charge in [-0.3, -0.25) is 0 Å². The largest absolute Gasteiger partial charge is 0.472 e. The number of piperidine rings is 2. The predicted octanol–water partition coefficient (Wildman–Crippen LogP) is 3.41. The first-order chi connectivity index (χ1) is 18.0. The molecular formula is C26H37FN4O7. The molecule has 5 rings (SSSR count). The molecule has 0 aromatic carbocycles. The summed E-state index contributed by atoms with van der Waals surface area (Å²) in [5, 5.41) is 0. The molecule has 1 aromatic rings. The van der Waals surface area contributed by atoms with E-state index in [0.717, 1.165) is 12.8 Å². The second-order valence-electron chi connectivity index (χ2n) is 11.9. The number of likely N-dealkylation sites (tertiary alicyclic amines) is 2. The van der Waals surface area contributed by atoms with Crippen molar-refractivity contribution in [1.29, 1.82) is 0 Å². The number of rotatable bonds is 5. The normalized spacial score (nSPS) is 26.9. The van der Waals surface area contributed by atoms with Gasteiger partial charge in [-0.05, 0) is 40.5 Å². The topological polar surface area (TPSA) is 113 Å². The van der Waals surface area contributed by atoms with Gasteiger partial charge in [-0.1, -0.05) is 0 Å². The van der Waals surface area contributed by atoms with E-state index in [0.29, 0.717) is 52.2 Å². The summed E-state index contributed by atoms with van der Waals surface area (Å²) >= 11 is 0. The molecule has 4 aliphatic rings. The van der Waals surface area contributed by atoms with Gasteiger partial charge in [0.2, 0.25) is 5.82 Å². The highest BCUT2D eigenvalue weighted by Crippen LogP contribution is 2.40. The van der Waals surface area contributed by atoms with E-state index >= 15 is 4.39 Å². The van der Waals surface area contributed by atoms with Crippen molar-refractivity contribution in [3.63, 3.8) is 0 Å². The lowest BCUT2D eigenvalue weighted by Gasteiger charge is -2.46. The molecule has 4 heterocycles. The number of hydrogen-bond donors (Lipinski definition) is 0. The average Bonchev–Trinajstić information content (AvgIpc) is 3.57. The lowest BCUT2D eigenvalue weighted by atomic mass is 9.84. The summed E-state index contributed by atoms with van der Waals surface area (Å²) in [4.78, 5) is 36.3. The van der Waals surface area contributed by atoms with Crippen LogP contribution in [0.25, 0.3) is 0 Å². The number of carbonyl (C=O) groups excluding carboxylic acids is 2. The smallest absolute Gasteiger partial charge is 0.410 e. The summed E-state index contributed by atoms with van der Waals surface area (Å²) in [6.07, 6.45) is 2.68. The van der Waals surface area contributed by atoms with Crippen LogP contribution < -0.4 is 9.47 Å². The Morgan fingerprint density at radius 3 is 2.18 bits per heavy atom. The van der Waals surface area contributed by atoms with E-state index in [2.05, 4.69) is 9.97 Å². The zero-order chi connectivity index (χ0) is 27.1. The average molecular weight is 537 g/mol. The Kier molecular flexibility index (Phi) is 7.27.